The smallest absolute Gasteiger partial charge is 0.254 e. The Hall–Kier alpha value is -0.0600. The van der Waals surface area contributed by atoms with Crippen LogP contribution in [0.4, 0.5) is 0 Å². The van der Waals surface area contributed by atoms with Gasteiger partial charge in [0.1, 0.15) is 0 Å². The van der Waals surface area contributed by atoms with Crippen LogP contribution in [0.3, 0.4) is 0 Å². The molecule has 0 unspecified atom stereocenters. The highest BCUT2D eigenvalue weighted by molar-refractivity contribution is 9.10. The van der Waals surface area contributed by atoms with Gasteiger partial charge in [-0.15, -0.1) is 0 Å². The minimum atomic E-state index is 0.0224. The number of alkyl halides is 1. The molecule has 0 atom stereocenters. The zero-order valence-corrected chi connectivity index (χ0v) is 14.3. The van der Waals surface area contributed by atoms with E-state index in [0.717, 1.165) is 22.8 Å². The molecule has 0 aliphatic heterocycles. The van der Waals surface area contributed by atoms with Crippen molar-refractivity contribution in [3.05, 3.63) is 33.3 Å². The minimum Gasteiger partial charge on any atom is -0.336 e. The van der Waals surface area contributed by atoms with Crippen LogP contribution in [0.1, 0.15) is 30.6 Å². The van der Waals surface area contributed by atoms with Gasteiger partial charge in [-0.2, -0.15) is 0 Å². The molecule has 0 saturated heterocycles. The average molecular weight is 398 g/mol. The van der Waals surface area contributed by atoms with Crippen molar-refractivity contribution < 1.29 is 4.79 Å². The predicted octanol–water partition coefficient (Wildman–Crippen LogP) is 4.74. The van der Waals surface area contributed by atoms with E-state index in [-0.39, 0.29) is 11.9 Å². The van der Waals surface area contributed by atoms with Crippen LogP contribution in [0.2, 0.25) is 5.02 Å². The summed E-state index contributed by atoms with van der Waals surface area (Å²) < 4.78 is 0.822. The molecule has 0 aliphatic carbocycles. The number of halogens is 3. The molecule has 0 fully saturated rings. The van der Waals surface area contributed by atoms with Crippen LogP contribution in [0.5, 0.6) is 0 Å². The Bertz CT molecular complexity index is 403. The Kier molecular flexibility index (Phi) is 6.67. The molecule has 5 heteroatoms. The minimum absolute atomic E-state index is 0.0224. The second kappa shape index (κ2) is 7.51. The van der Waals surface area contributed by atoms with E-state index in [0.29, 0.717) is 10.6 Å². The fourth-order valence-electron chi connectivity index (χ4n) is 1.67. The van der Waals surface area contributed by atoms with Gasteiger partial charge in [0.2, 0.25) is 0 Å². The summed E-state index contributed by atoms with van der Waals surface area (Å²) in [6.07, 6.45) is 0.936. The number of carbonyl (C=O) groups excluding carboxylic acids is 1. The van der Waals surface area contributed by atoms with Crippen LogP contribution in [0, 0.1) is 0 Å². The van der Waals surface area contributed by atoms with E-state index in [1.54, 1.807) is 18.2 Å². The molecular weight excluding hydrogens is 381 g/mol. The summed E-state index contributed by atoms with van der Waals surface area (Å²) in [4.78, 5) is 14.3. The standard InChI is InChI=1S/C13H16Br2ClNO/c1-9(2)17(5-3-4-14)13(18)10-6-11(15)8-12(16)7-10/h6-9H,3-5H2,1-2H3. The van der Waals surface area contributed by atoms with Crippen LogP contribution in [0.25, 0.3) is 0 Å². The normalized spacial score (nSPS) is 10.8. The Morgan fingerprint density at radius 1 is 1.39 bits per heavy atom. The van der Waals surface area contributed by atoms with Crippen molar-refractivity contribution in [2.45, 2.75) is 26.3 Å². The van der Waals surface area contributed by atoms with E-state index in [4.69, 9.17) is 11.6 Å². The lowest BCUT2D eigenvalue weighted by molar-refractivity contribution is 0.0706. The first kappa shape index (κ1) is 16.0. The van der Waals surface area contributed by atoms with Crippen LogP contribution >= 0.6 is 43.5 Å². The summed E-state index contributed by atoms with van der Waals surface area (Å²) >= 11 is 12.7. The van der Waals surface area contributed by atoms with Gasteiger partial charge in [0.15, 0.2) is 0 Å². The number of hydrogen-bond acceptors (Lipinski definition) is 1. The highest BCUT2D eigenvalue weighted by Crippen LogP contribution is 2.21. The molecule has 1 aromatic rings. The Morgan fingerprint density at radius 3 is 2.56 bits per heavy atom. The molecule has 0 heterocycles. The molecule has 0 spiro atoms. The Balaban J connectivity index is 2.94. The van der Waals surface area contributed by atoms with Gasteiger partial charge in [0.25, 0.3) is 5.91 Å². The van der Waals surface area contributed by atoms with Gasteiger partial charge >= 0.3 is 0 Å². The molecule has 0 bridgehead atoms. The zero-order valence-electron chi connectivity index (χ0n) is 10.4. The van der Waals surface area contributed by atoms with E-state index in [1.807, 2.05) is 18.7 Å². The third-order valence-corrected chi connectivity index (χ3v) is 3.76. The van der Waals surface area contributed by atoms with E-state index >= 15 is 0 Å². The van der Waals surface area contributed by atoms with Gasteiger partial charge in [-0.3, -0.25) is 4.79 Å². The molecule has 1 aromatic carbocycles. The highest BCUT2D eigenvalue weighted by atomic mass is 79.9. The molecular formula is C13H16Br2ClNO. The first-order valence-corrected chi connectivity index (χ1v) is 8.08. The Labute approximate surface area is 130 Å². The molecule has 100 valence electrons. The van der Waals surface area contributed by atoms with E-state index in [9.17, 15) is 4.79 Å². The third-order valence-electron chi connectivity index (χ3n) is 2.53. The van der Waals surface area contributed by atoms with Gasteiger partial charge in [-0.25, -0.2) is 0 Å². The van der Waals surface area contributed by atoms with Gasteiger partial charge < -0.3 is 4.90 Å². The van der Waals surface area contributed by atoms with Crippen LogP contribution in [-0.2, 0) is 0 Å². The van der Waals surface area contributed by atoms with Crippen molar-refractivity contribution in [3.63, 3.8) is 0 Å². The summed E-state index contributed by atoms with van der Waals surface area (Å²) in [5, 5.41) is 1.46. The van der Waals surface area contributed by atoms with Crippen molar-refractivity contribution in [1.29, 1.82) is 0 Å². The van der Waals surface area contributed by atoms with Gasteiger partial charge in [-0.1, -0.05) is 43.5 Å². The summed E-state index contributed by atoms with van der Waals surface area (Å²) in [5.41, 5.74) is 0.623. The summed E-state index contributed by atoms with van der Waals surface area (Å²) in [7, 11) is 0. The Morgan fingerprint density at radius 2 is 2.06 bits per heavy atom. The van der Waals surface area contributed by atoms with E-state index in [1.165, 1.54) is 0 Å². The molecule has 1 amide bonds. The summed E-state index contributed by atoms with van der Waals surface area (Å²) in [6, 6.07) is 5.46. The summed E-state index contributed by atoms with van der Waals surface area (Å²) in [5.74, 6) is 0.0224. The SMILES string of the molecule is CC(C)N(CCCBr)C(=O)c1cc(Cl)cc(Br)c1. The van der Waals surface area contributed by atoms with Gasteiger partial charge in [0.05, 0.1) is 0 Å². The number of benzene rings is 1. The highest BCUT2D eigenvalue weighted by Gasteiger charge is 2.18. The number of rotatable bonds is 5. The quantitative estimate of drug-likeness (QED) is 0.658. The maximum atomic E-state index is 12.4. The van der Waals surface area contributed by atoms with Crippen molar-refractivity contribution in [2.75, 3.05) is 11.9 Å². The van der Waals surface area contributed by atoms with Crippen molar-refractivity contribution >= 4 is 49.4 Å². The fraction of sp³-hybridized carbons (Fsp3) is 0.462. The molecule has 0 aromatic heterocycles. The van der Waals surface area contributed by atoms with Crippen LogP contribution < -0.4 is 0 Å². The second-order valence-electron chi connectivity index (χ2n) is 4.29. The predicted molar refractivity (Wildman–Crippen MR) is 83.7 cm³/mol. The lowest BCUT2D eigenvalue weighted by Gasteiger charge is -2.26. The van der Waals surface area contributed by atoms with E-state index in [2.05, 4.69) is 31.9 Å². The zero-order chi connectivity index (χ0) is 13.7. The average Bonchev–Trinajstić information content (AvgIpc) is 2.27. The fourth-order valence-corrected chi connectivity index (χ4v) is 2.78. The summed E-state index contributed by atoms with van der Waals surface area (Å²) in [6.45, 7) is 4.78. The van der Waals surface area contributed by atoms with E-state index < -0.39 is 0 Å². The number of hydrogen-bond donors (Lipinski definition) is 0. The van der Waals surface area contributed by atoms with Crippen LogP contribution in [-0.4, -0.2) is 28.7 Å². The molecule has 0 aliphatic rings. The first-order valence-electron chi connectivity index (χ1n) is 5.78. The first-order chi connectivity index (χ1) is 8.45. The van der Waals surface area contributed by atoms with Crippen LogP contribution in [0.15, 0.2) is 22.7 Å². The van der Waals surface area contributed by atoms with Gasteiger partial charge in [0, 0.05) is 33.0 Å². The maximum Gasteiger partial charge on any atom is 0.254 e. The number of amides is 1. The van der Waals surface area contributed by atoms with Crippen molar-refractivity contribution in [3.8, 4) is 0 Å². The molecule has 0 radical (unpaired) electrons. The molecule has 0 saturated carbocycles. The van der Waals surface area contributed by atoms with Crippen molar-refractivity contribution in [1.82, 2.24) is 4.90 Å². The number of carbonyl (C=O) groups is 1. The van der Waals surface area contributed by atoms with Gasteiger partial charge in [-0.05, 0) is 38.5 Å². The van der Waals surface area contributed by atoms with Crippen molar-refractivity contribution in [2.24, 2.45) is 0 Å². The number of nitrogens with zero attached hydrogens (tertiary/aromatic N) is 1. The lowest BCUT2D eigenvalue weighted by atomic mass is 10.1. The monoisotopic (exact) mass is 395 g/mol. The molecule has 0 N–H and O–H groups in total. The topological polar surface area (TPSA) is 20.3 Å². The third kappa shape index (κ3) is 4.56. The maximum absolute atomic E-state index is 12.4. The molecule has 18 heavy (non-hydrogen) atoms. The largest absolute Gasteiger partial charge is 0.336 e. The molecule has 2 nitrogen and oxygen atoms in total. The molecule has 1 rings (SSSR count). The second-order valence-corrected chi connectivity index (χ2v) is 6.44. The lowest BCUT2D eigenvalue weighted by Crippen LogP contribution is -2.37.